The van der Waals surface area contributed by atoms with Crippen LogP contribution in [0, 0.1) is 11.6 Å². The van der Waals surface area contributed by atoms with E-state index < -0.39 is 29.9 Å². The summed E-state index contributed by atoms with van der Waals surface area (Å²) < 4.78 is 42.9. The lowest BCUT2D eigenvalue weighted by Crippen LogP contribution is -2.54. The maximum atomic E-state index is 14.7. The Morgan fingerprint density at radius 1 is 1.13 bits per heavy atom. The third-order valence-electron chi connectivity index (χ3n) is 6.21. The first-order valence-electron chi connectivity index (χ1n) is 10.4. The molecule has 2 heterocycles. The number of benzene rings is 2. The molecule has 0 bridgehead atoms. The Kier molecular flexibility index (Phi) is 6.05. The van der Waals surface area contributed by atoms with Gasteiger partial charge in [0.1, 0.15) is 17.8 Å². The molecule has 4 rings (SSSR count). The highest BCUT2D eigenvalue weighted by Gasteiger charge is 2.38. The van der Waals surface area contributed by atoms with Gasteiger partial charge in [0.25, 0.3) is 0 Å². The molecule has 1 unspecified atom stereocenters. The number of urea groups is 1. The maximum absolute atomic E-state index is 14.7. The summed E-state index contributed by atoms with van der Waals surface area (Å²) in [4.78, 5) is 18.4. The first-order chi connectivity index (χ1) is 14.8. The van der Waals surface area contributed by atoms with E-state index in [2.05, 4.69) is 0 Å². The monoisotopic (exact) mass is 429 g/mol. The third kappa shape index (κ3) is 4.32. The number of halogens is 3. The van der Waals surface area contributed by atoms with E-state index in [1.54, 1.807) is 18.0 Å². The molecule has 4 nitrogen and oxygen atoms in total. The third-order valence-corrected chi connectivity index (χ3v) is 6.21. The summed E-state index contributed by atoms with van der Waals surface area (Å²) in [7, 11) is 3.48. The van der Waals surface area contributed by atoms with Crippen molar-refractivity contribution in [3.05, 3.63) is 77.4 Å². The maximum Gasteiger partial charge on any atom is 0.321 e. The zero-order valence-corrected chi connectivity index (χ0v) is 17.6. The van der Waals surface area contributed by atoms with Crippen LogP contribution in [0.1, 0.15) is 23.6 Å². The van der Waals surface area contributed by atoms with Crippen molar-refractivity contribution >= 4 is 11.6 Å². The molecule has 7 heteroatoms. The molecule has 3 atom stereocenters. The van der Waals surface area contributed by atoms with Crippen molar-refractivity contribution in [2.24, 2.45) is 0 Å². The standard InChI is InChI=1S/C24H26F3N3O/c1-28-11-10-22(21(27)15-28)29(2)24(31)30-14-17(19-13-18(25)8-9-20(19)26)12-23(30)16-6-4-3-5-7-16/h3-9,12-13,21-23H,10-11,14-15H2,1-2H3/t21-,22+,23?/m1/s1. The summed E-state index contributed by atoms with van der Waals surface area (Å²) >= 11 is 0. The second-order valence-electron chi connectivity index (χ2n) is 8.33. The zero-order valence-electron chi connectivity index (χ0n) is 17.6. The van der Waals surface area contributed by atoms with E-state index in [-0.39, 0.29) is 24.7 Å². The van der Waals surface area contributed by atoms with Crippen molar-refractivity contribution in [1.82, 2.24) is 14.7 Å². The minimum atomic E-state index is -1.14. The fourth-order valence-electron chi connectivity index (χ4n) is 4.47. The van der Waals surface area contributed by atoms with Gasteiger partial charge in [-0.05, 0) is 42.8 Å². The Labute approximate surface area is 180 Å². The molecular formula is C24H26F3N3O. The first kappa shape index (κ1) is 21.4. The van der Waals surface area contributed by atoms with E-state index in [9.17, 15) is 18.0 Å². The number of carbonyl (C=O) groups excluding carboxylic acids is 1. The molecule has 0 aliphatic carbocycles. The second-order valence-corrected chi connectivity index (χ2v) is 8.33. The van der Waals surface area contributed by atoms with Crippen molar-refractivity contribution in [2.45, 2.75) is 24.7 Å². The van der Waals surface area contributed by atoms with E-state index in [1.165, 1.54) is 4.90 Å². The predicted molar refractivity (Wildman–Crippen MR) is 114 cm³/mol. The Balaban J connectivity index is 1.64. The fourth-order valence-corrected chi connectivity index (χ4v) is 4.47. The number of amides is 2. The van der Waals surface area contributed by atoms with Crippen LogP contribution in [0.2, 0.25) is 0 Å². The highest BCUT2D eigenvalue weighted by molar-refractivity contribution is 5.82. The van der Waals surface area contributed by atoms with Gasteiger partial charge in [-0.25, -0.2) is 18.0 Å². The molecule has 2 amide bonds. The summed E-state index contributed by atoms with van der Waals surface area (Å²) in [6, 6.07) is 11.4. The summed E-state index contributed by atoms with van der Waals surface area (Å²) in [5.41, 5.74) is 1.53. The van der Waals surface area contributed by atoms with Crippen LogP contribution in [0.4, 0.5) is 18.0 Å². The van der Waals surface area contributed by atoms with Crippen LogP contribution in [0.3, 0.4) is 0 Å². The molecule has 2 aliphatic rings. The molecule has 1 fully saturated rings. The molecule has 2 aliphatic heterocycles. The van der Waals surface area contributed by atoms with Gasteiger partial charge in [-0.1, -0.05) is 36.4 Å². The van der Waals surface area contributed by atoms with Crippen LogP contribution in [-0.2, 0) is 0 Å². The molecule has 0 N–H and O–H groups in total. The largest absolute Gasteiger partial charge is 0.322 e. The van der Waals surface area contributed by atoms with Gasteiger partial charge in [-0.3, -0.25) is 0 Å². The Morgan fingerprint density at radius 3 is 2.58 bits per heavy atom. The van der Waals surface area contributed by atoms with Crippen molar-refractivity contribution < 1.29 is 18.0 Å². The Hall–Kier alpha value is -2.80. The van der Waals surface area contributed by atoms with Crippen molar-refractivity contribution in [1.29, 1.82) is 0 Å². The summed E-state index contributed by atoms with van der Waals surface area (Å²) in [6.07, 6.45) is 1.20. The Morgan fingerprint density at radius 2 is 1.87 bits per heavy atom. The van der Waals surface area contributed by atoms with Gasteiger partial charge in [0.05, 0.1) is 12.1 Å². The van der Waals surface area contributed by atoms with E-state index in [0.717, 1.165) is 23.8 Å². The van der Waals surface area contributed by atoms with E-state index >= 15 is 0 Å². The summed E-state index contributed by atoms with van der Waals surface area (Å²) in [5.74, 6) is -1.08. The molecule has 0 spiro atoms. The molecule has 164 valence electrons. The molecule has 0 radical (unpaired) electrons. The SMILES string of the molecule is CN1CC[C@H](N(C)C(=O)N2CC(c3cc(F)ccc3F)=CC2c2ccccc2)[C@H](F)C1. The lowest BCUT2D eigenvalue weighted by atomic mass is 10.0. The molecule has 31 heavy (non-hydrogen) atoms. The van der Waals surface area contributed by atoms with Gasteiger partial charge in [0.2, 0.25) is 0 Å². The normalized spacial score (nSPS) is 24.2. The predicted octanol–water partition coefficient (Wildman–Crippen LogP) is 4.50. The number of carbonyl (C=O) groups is 1. The molecule has 2 aromatic carbocycles. The van der Waals surface area contributed by atoms with Gasteiger partial charge in [-0.15, -0.1) is 0 Å². The number of likely N-dealkylation sites (tertiary alicyclic amines) is 1. The van der Waals surface area contributed by atoms with Crippen LogP contribution in [0.5, 0.6) is 0 Å². The smallest absolute Gasteiger partial charge is 0.321 e. The molecule has 1 saturated heterocycles. The van der Waals surface area contributed by atoms with Gasteiger partial charge in [0.15, 0.2) is 0 Å². The van der Waals surface area contributed by atoms with Crippen LogP contribution in [0.15, 0.2) is 54.6 Å². The zero-order chi connectivity index (χ0) is 22.1. The highest BCUT2D eigenvalue weighted by atomic mass is 19.1. The average Bonchev–Trinajstić information content (AvgIpc) is 3.20. The molecule has 2 aromatic rings. The number of alkyl halides is 1. The van der Waals surface area contributed by atoms with Gasteiger partial charge >= 0.3 is 6.03 Å². The van der Waals surface area contributed by atoms with Gasteiger partial charge < -0.3 is 14.7 Å². The minimum Gasteiger partial charge on any atom is -0.322 e. The van der Waals surface area contributed by atoms with Crippen molar-refractivity contribution in [3.63, 3.8) is 0 Å². The van der Waals surface area contributed by atoms with Crippen LogP contribution in [-0.4, -0.2) is 66.7 Å². The Bertz CT molecular complexity index is 981. The van der Waals surface area contributed by atoms with Crippen LogP contribution in [0.25, 0.3) is 5.57 Å². The topological polar surface area (TPSA) is 26.8 Å². The lowest BCUT2D eigenvalue weighted by Gasteiger charge is -2.40. The number of rotatable bonds is 3. The minimum absolute atomic E-state index is 0.118. The van der Waals surface area contributed by atoms with Gasteiger partial charge in [0, 0.05) is 32.2 Å². The number of hydrogen-bond acceptors (Lipinski definition) is 2. The highest BCUT2D eigenvalue weighted by Crippen LogP contribution is 2.37. The molecular weight excluding hydrogens is 403 g/mol. The van der Waals surface area contributed by atoms with E-state index in [4.69, 9.17) is 0 Å². The lowest BCUT2D eigenvalue weighted by molar-refractivity contribution is 0.0601. The van der Waals surface area contributed by atoms with Crippen molar-refractivity contribution in [3.8, 4) is 0 Å². The van der Waals surface area contributed by atoms with Crippen LogP contribution >= 0.6 is 0 Å². The number of piperidine rings is 1. The van der Waals surface area contributed by atoms with E-state index in [1.807, 2.05) is 42.3 Å². The fraction of sp³-hybridized carbons (Fsp3) is 0.375. The average molecular weight is 429 g/mol. The summed E-state index contributed by atoms with van der Waals surface area (Å²) in [6.45, 7) is 1.11. The van der Waals surface area contributed by atoms with Crippen molar-refractivity contribution in [2.75, 3.05) is 33.7 Å². The quantitative estimate of drug-likeness (QED) is 0.718. The second kappa shape index (κ2) is 8.75. The number of nitrogens with zero attached hydrogens (tertiary/aromatic N) is 3. The molecule has 0 saturated carbocycles. The first-order valence-corrected chi connectivity index (χ1v) is 10.4. The molecule has 0 aromatic heterocycles. The number of hydrogen-bond donors (Lipinski definition) is 0. The van der Waals surface area contributed by atoms with Crippen LogP contribution < -0.4 is 0 Å². The van der Waals surface area contributed by atoms with E-state index in [0.29, 0.717) is 18.5 Å². The summed E-state index contributed by atoms with van der Waals surface area (Å²) in [5, 5.41) is 0. The van der Waals surface area contributed by atoms with Gasteiger partial charge in [-0.2, -0.15) is 0 Å².